The van der Waals surface area contributed by atoms with Crippen LogP contribution in [0.1, 0.15) is 17.7 Å². The SMILES string of the molecule is O=C(CCc1nc2ccccc2oc1=O)N1CCNCC1Cc1ccccc1. The van der Waals surface area contributed by atoms with E-state index in [1.54, 1.807) is 18.2 Å². The summed E-state index contributed by atoms with van der Waals surface area (Å²) >= 11 is 0. The van der Waals surface area contributed by atoms with E-state index in [-0.39, 0.29) is 24.8 Å². The minimum absolute atomic E-state index is 0.0526. The van der Waals surface area contributed by atoms with Gasteiger partial charge in [0, 0.05) is 38.5 Å². The molecule has 144 valence electrons. The van der Waals surface area contributed by atoms with Gasteiger partial charge in [-0.05, 0) is 24.1 Å². The maximum atomic E-state index is 12.9. The standard InChI is InChI=1S/C22H23N3O3/c26-21(11-10-19-22(27)28-20-9-5-4-8-18(20)24-19)25-13-12-23-15-17(25)14-16-6-2-1-3-7-16/h1-9,17,23H,10-15H2. The molecule has 1 atom stereocenters. The van der Waals surface area contributed by atoms with Gasteiger partial charge in [0.2, 0.25) is 5.91 Å². The Hall–Kier alpha value is -2.99. The van der Waals surface area contributed by atoms with Gasteiger partial charge in [-0.25, -0.2) is 9.78 Å². The molecule has 1 N–H and O–H groups in total. The van der Waals surface area contributed by atoms with Crippen LogP contribution in [0.2, 0.25) is 0 Å². The van der Waals surface area contributed by atoms with Gasteiger partial charge in [0.15, 0.2) is 5.58 Å². The van der Waals surface area contributed by atoms with Gasteiger partial charge in [0.05, 0.1) is 0 Å². The number of benzene rings is 2. The van der Waals surface area contributed by atoms with Crippen LogP contribution in [0.15, 0.2) is 63.8 Å². The molecular weight excluding hydrogens is 354 g/mol. The van der Waals surface area contributed by atoms with Crippen molar-refractivity contribution in [2.24, 2.45) is 0 Å². The molecule has 1 aromatic heterocycles. The Morgan fingerprint density at radius 1 is 1.14 bits per heavy atom. The normalized spacial score (nSPS) is 17.0. The van der Waals surface area contributed by atoms with Gasteiger partial charge in [-0.15, -0.1) is 0 Å². The number of nitrogens with one attached hydrogen (secondary N) is 1. The number of fused-ring (bicyclic) bond motifs is 1. The Morgan fingerprint density at radius 3 is 2.79 bits per heavy atom. The first-order chi connectivity index (χ1) is 13.7. The van der Waals surface area contributed by atoms with Crippen molar-refractivity contribution in [3.63, 3.8) is 0 Å². The van der Waals surface area contributed by atoms with E-state index in [0.717, 1.165) is 19.5 Å². The lowest BCUT2D eigenvalue weighted by atomic mass is 10.0. The van der Waals surface area contributed by atoms with Crippen molar-refractivity contribution in [3.8, 4) is 0 Å². The van der Waals surface area contributed by atoms with E-state index in [4.69, 9.17) is 4.42 Å². The molecule has 0 aliphatic carbocycles. The molecule has 3 aromatic rings. The second-order valence-corrected chi connectivity index (χ2v) is 7.05. The smallest absolute Gasteiger partial charge is 0.358 e. The molecular formula is C22H23N3O3. The van der Waals surface area contributed by atoms with Gasteiger partial charge in [-0.1, -0.05) is 42.5 Å². The summed E-state index contributed by atoms with van der Waals surface area (Å²) in [5, 5.41) is 3.37. The molecule has 4 rings (SSSR count). The largest absolute Gasteiger partial charge is 0.420 e. The van der Waals surface area contributed by atoms with Crippen molar-refractivity contribution in [2.75, 3.05) is 19.6 Å². The van der Waals surface area contributed by atoms with E-state index in [2.05, 4.69) is 22.4 Å². The molecule has 1 unspecified atom stereocenters. The van der Waals surface area contributed by atoms with Gasteiger partial charge in [-0.2, -0.15) is 0 Å². The molecule has 1 fully saturated rings. The Labute approximate surface area is 163 Å². The van der Waals surface area contributed by atoms with Crippen LogP contribution >= 0.6 is 0 Å². The third-order valence-corrected chi connectivity index (χ3v) is 5.12. The lowest BCUT2D eigenvalue weighted by Gasteiger charge is -2.36. The molecule has 6 heteroatoms. The molecule has 0 saturated carbocycles. The first kappa shape index (κ1) is 18.4. The monoisotopic (exact) mass is 377 g/mol. The Balaban J connectivity index is 1.44. The highest BCUT2D eigenvalue weighted by Crippen LogP contribution is 2.14. The number of amides is 1. The van der Waals surface area contributed by atoms with Gasteiger partial charge in [0.1, 0.15) is 11.2 Å². The molecule has 0 spiro atoms. The first-order valence-corrected chi connectivity index (χ1v) is 9.63. The van der Waals surface area contributed by atoms with E-state index in [9.17, 15) is 9.59 Å². The Kier molecular flexibility index (Phi) is 5.48. The van der Waals surface area contributed by atoms with Crippen LogP contribution in [0, 0.1) is 0 Å². The fraction of sp³-hybridized carbons (Fsp3) is 0.318. The summed E-state index contributed by atoms with van der Waals surface area (Å²) in [4.78, 5) is 31.4. The van der Waals surface area contributed by atoms with Crippen molar-refractivity contribution >= 4 is 17.0 Å². The number of carbonyl (C=O) groups is 1. The summed E-state index contributed by atoms with van der Waals surface area (Å²) in [5.41, 5.74) is 2.15. The molecule has 2 heterocycles. The van der Waals surface area contributed by atoms with Crippen LogP contribution in [0.5, 0.6) is 0 Å². The number of rotatable bonds is 5. The second-order valence-electron chi connectivity index (χ2n) is 7.05. The van der Waals surface area contributed by atoms with Crippen LogP contribution in [0.4, 0.5) is 0 Å². The molecule has 1 aliphatic rings. The summed E-state index contributed by atoms with van der Waals surface area (Å²) in [6.07, 6.45) is 1.35. The fourth-order valence-corrected chi connectivity index (χ4v) is 3.67. The first-order valence-electron chi connectivity index (χ1n) is 9.63. The molecule has 0 radical (unpaired) electrons. The number of piperazine rings is 1. The van der Waals surface area contributed by atoms with E-state index in [1.165, 1.54) is 5.56 Å². The molecule has 1 saturated heterocycles. The number of para-hydroxylation sites is 2. The number of hydrogen-bond donors (Lipinski definition) is 1. The topological polar surface area (TPSA) is 75.4 Å². The lowest BCUT2D eigenvalue weighted by molar-refractivity contribution is -0.134. The van der Waals surface area contributed by atoms with Crippen molar-refractivity contribution in [1.82, 2.24) is 15.2 Å². The van der Waals surface area contributed by atoms with Gasteiger partial charge >= 0.3 is 5.63 Å². The third-order valence-electron chi connectivity index (χ3n) is 5.12. The van der Waals surface area contributed by atoms with Crippen molar-refractivity contribution in [2.45, 2.75) is 25.3 Å². The third kappa shape index (κ3) is 4.12. The summed E-state index contributed by atoms with van der Waals surface area (Å²) in [6.45, 7) is 2.24. The molecule has 6 nitrogen and oxygen atoms in total. The second kappa shape index (κ2) is 8.35. The van der Waals surface area contributed by atoms with Crippen LogP contribution in [-0.4, -0.2) is 41.5 Å². The van der Waals surface area contributed by atoms with Crippen LogP contribution in [0.3, 0.4) is 0 Å². The van der Waals surface area contributed by atoms with Crippen LogP contribution < -0.4 is 10.9 Å². The zero-order valence-electron chi connectivity index (χ0n) is 15.6. The number of carbonyl (C=O) groups excluding carboxylic acids is 1. The molecule has 28 heavy (non-hydrogen) atoms. The molecule has 1 aliphatic heterocycles. The summed E-state index contributed by atoms with van der Waals surface area (Å²) in [7, 11) is 0. The minimum atomic E-state index is -0.465. The van der Waals surface area contributed by atoms with Gasteiger partial charge in [-0.3, -0.25) is 4.79 Å². The number of nitrogens with zero attached hydrogens (tertiary/aromatic N) is 2. The number of hydrogen-bond acceptors (Lipinski definition) is 5. The molecule has 1 amide bonds. The fourth-order valence-electron chi connectivity index (χ4n) is 3.67. The average Bonchev–Trinajstić information content (AvgIpc) is 2.73. The zero-order chi connectivity index (χ0) is 19.3. The Bertz CT molecular complexity index is 1020. The number of aromatic nitrogens is 1. The highest BCUT2D eigenvalue weighted by molar-refractivity contribution is 5.77. The van der Waals surface area contributed by atoms with Crippen LogP contribution in [-0.2, 0) is 17.6 Å². The quantitative estimate of drug-likeness (QED) is 0.738. The summed E-state index contributed by atoms with van der Waals surface area (Å²) < 4.78 is 5.32. The van der Waals surface area contributed by atoms with E-state index < -0.39 is 5.63 Å². The summed E-state index contributed by atoms with van der Waals surface area (Å²) in [6, 6.07) is 17.5. The van der Waals surface area contributed by atoms with Gasteiger partial charge < -0.3 is 14.6 Å². The van der Waals surface area contributed by atoms with Crippen LogP contribution in [0.25, 0.3) is 11.1 Å². The van der Waals surface area contributed by atoms with Crippen molar-refractivity contribution < 1.29 is 9.21 Å². The van der Waals surface area contributed by atoms with Crippen molar-refractivity contribution in [3.05, 3.63) is 76.3 Å². The number of aryl methyl sites for hydroxylation is 1. The predicted octanol–water partition coefficient (Wildman–Crippen LogP) is 2.16. The molecule has 2 aromatic carbocycles. The average molecular weight is 377 g/mol. The maximum Gasteiger partial charge on any atom is 0.358 e. The van der Waals surface area contributed by atoms with E-state index >= 15 is 0 Å². The highest BCUT2D eigenvalue weighted by atomic mass is 16.4. The Morgan fingerprint density at radius 2 is 1.93 bits per heavy atom. The van der Waals surface area contributed by atoms with E-state index in [1.807, 2.05) is 29.2 Å². The van der Waals surface area contributed by atoms with Crippen molar-refractivity contribution in [1.29, 1.82) is 0 Å². The highest BCUT2D eigenvalue weighted by Gasteiger charge is 2.26. The van der Waals surface area contributed by atoms with E-state index in [0.29, 0.717) is 23.3 Å². The molecule has 0 bridgehead atoms. The lowest BCUT2D eigenvalue weighted by Crippen LogP contribution is -2.54. The predicted molar refractivity (Wildman–Crippen MR) is 107 cm³/mol. The zero-order valence-corrected chi connectivity index (χ0v) is 15.6. The maximum absolute atomic E-state index is 12.9. The minimum Gasteiger partial charge on any atom is -0.420 e. The van der Waals surface area contributed by atoms with Gasteiger partial charge in [0.25, 0.3) is 0 Å². The summed E-state index contributed by atoms with van der Waals surface area (Å²) in [5.74, 6) is 0.0526.